The van der Waals surface area contributed by atoms with Gasteiger partial charge in [0.1, 0.15) is 5.75 Å². The monoisotopic (exact) mass is 411 g/mol. The molecule has 0 aliphatic rings. The van der Waals surface area contributed by atoms with E-state index in [1.807, 2.05) is 41.0 Å². The smallest absolute Gasteiger partial charge is 0.230 e. The van der Waals surface area contributed by atoms with Gasteiger partial charge in [0.2, 0.25) is 5.91 Å². The second kappa shape index (κ2) is 10.1. The van der Waals surface area contributed by atoms with Gasteiger partial charge in [-0.05, 0) is 49.2 Å². The Morgan fingerprint density at radius 1 is 1.10 bits per heavy atom. The fraction of sp³-hybridized carbons (Fsp3) is 0.333. The lowest BCUT2D eigenvalue weighted by molar-refractivity contribution is -0.119. The highest BCUT2D eigenvalue weighted by molar-refractivity contribution is 7.99. The van der Waals surface area contributed by atoms with E-state index in [1.165, 1.54) is 11.8 Å². The number of hydrogen-bond acceptors (Lipinski definition) is 6. The molecule has 3 rings (SSSR count). The van der Waals surface area contributed by atoms with Crippen molar-refractivity contribution in [3.05, 3.63) is 48.8 Å². The Bertz CT molecular complexity index is 924. The molecule has 0 saturated heterocycles. The quantitative estimate of drug-likeness (QED) is 0.540. The van der Waals surface area contributed by atoms with Crippen molar-refractivity contribution in [3.63, 3.8) is 0 Å². The molecule has 0 radical (unpaired) electrons. The highest BCUT2D eigenvalue weighted by Gasteiger charge is 2.18. The van der Waals surface area contributed by atoms with E-state index >= 15 is 0 Å². The van der Waals surface area contributed by atoms with Crippen molar-refractivity contribution in [1.29, 1.82) is 0 Å². The number of hydrogen-bond donors (Lipinski definition) is 1. The van der Waals surface area contributed by atoms with E-state index < -0.39 is 0 Å². The minimum absolute atomic E-state index is 0.00144. The zero-order valence-corrected chi connectivity index (χ0v) is 17.6. The number of carbonyl (C=O) groups is 1. The summed E-state index contributed by atoms with van der Waals surface area (Å²) in [6, 6.07) is 11.6. The van der Waals surface area contributed by atoms with E-state index in [0.717, 1.165) is 29.8 Å². The van der Waals surface area contributed by atoms with Crippen LogP contribution >= 0.6 is 11.8 Å². The molecule has 0 saturated carbocycles. The van der Waals surface area contributed by atoms with Gasteiger partial charge in [-0.25, -0.2) is 0 Å². The lowest BCUT2D eigenvalue weighted by atomic mass is 10.2. The summed E-state index contributed by atoms with van der Waals surface area (Å²) in [4.78, 5) is 16.4. The molecule has 2 heterocycles. The van der Waals surface area contributed by atoms with Crippen molar-refractivity contribution in [1.82, 2.24) is 25.1 Å². The molecule has 2 aromatic heterocycles. The maximum atomic E-state index is 12.3. The minimum atomic E-state index is -0.00144. The van der Waals surface area contributed by atoms with Crippen LogP contribution in [-0.4, -0.2) is 44.6 Å². The van der Waals surface area contributed by atoms with Crippen molar-refractivity contribution >= 4 is 17.7 Å². The van der Waals surface area contributed by atoms with E-state index in [2.05, 4.69) is 34.3 Å². The number of ether oxygens (including phenoxy) is 1. The number of methoxy groups -OCH3 is 1. The number of aromatic nitrogens is 4. The molecule has 1 N–H and O–H groups in total. The van der Waals surface area contributed by atoms with Gasteiger partial charge < -0.3 is 10.1 Å². The van der Waals surface area contributed by atoms with Crippen molar-refractivity contribution in [2.75, 3.05) is 12.9 Å². The summed E-state index contributed by atoms with van der Waals surface area (Å²) in [6.07, 6.45) is 5.28. The summed E-state index contributed by atoms with van der Waals surface area (Å²) in [7, 11) is 1.63. The number of benzene rings is 1. The van der Waals surface area contributed by atoms with Crippen LogP contribution in [0.4, 0.5) is 0 Å². The Hall–Kier alpha value is -2.87. The summed E-state index contributed by atoms with van der Waals surface area (Å²) in [5.74, 6) is 1.74. The lowest BCUT2D eigenvalue weighted by Gasteiger charge is -2.14. The van der Waals surface area contributed by atoms with Crippen LogP contribution in [-0.2, 0) is 4.79 Å². The minimum Gasteiger partial charge on any atom is -0.497 e. The number of pyridine rings is 1. The molecule has 1 aromatic carbocycles. The number of nitrogens with one attached hydrogen (secondary N) is 1. The summed E-state index contributed by atoms with van der Waals surface area (Å²) in [6.45, 7) is 4.14. The van der Waals surface area contributed by atoms with Gasteiger partial charge in [-0.15, -0.1) is 10.2 Å². The first-order valence-corrected chi connectivity index (χ1v) is 10.6. The van der Waals surface area contributed by atoms with Crippen LogP contribution < -0.4 is 10.1 Å². The highest BCUT2D eigenvalue weighted by Crippen LogP contribution is 2.28. The van der Waals surface area contributed by atoms with Crippen LogP contribution in [0.1, 0.15) is 26.7 Å². The topological polar surface area (TPSA) is 81.9 Å². The van der Waals surface area contributed by atoms with Gasteiger partial charge >= 0.3 is 0 Å². The number of thioether (sulfide) groups is 1. The Balaban J connectivity index is 1.88. The molecule has 152 valence electrons. The van der Waals surface area contributed by atoms with E-state index in [0.29, 0.717) is 11.0 Å². The average Bonchev–Trinajstić information content (AvgIpc) is 3.20. The summed E-state index contributed by atoms with van der Waals surface area (Å²) < 4.78 is 7.21. The number of rotatable bonds is 9. The molecule has 0 atom stereocenters. The number of carbonyl (C=O) groups excluding carboxylic acids is 1. The molecular formula is C21H25N5O2S. The molecule has 0 spiro atoms. The third-order valence-corrected chi connectivity index (χ3v) is 5.51. The van der Waals surface area contributed by atoms with Crippen LogP contribution in [0.3, 0.4) is 0 Å². The summed E-state index contributed by atoms with van der Waals surface area (Å²) >= 11 is 1.37. The van der Waals surface area contributed by atoms with E-state index in [9.17, 15) is 4.79 Å². The molecule has 0 bridgehead atoms. The molecule has 3 aromatic rings. The molecule has 0 unspecified atom stereocenters. The third kappa shape index (κ3) is 5.14. The zero-order chi connectivity index (χ0) is 20.6. The molecule has 0 fully saturated rings. The van der Waals surface area contributed by atoms with Crippen LogP contribution in [0.2, 0.25) is 0 Å². The van der Waals surface area contributed by atoms with Crippen molar-refractivity contribution in [2.45, 2.75) is 37.9 Å². The lowest BCUT2D eigenvalue weighted by Crippen LogP contribution is -2.35. The molecular weight excluding hydrogens is 386 g/mol. The Labute approximate surface area is 174 Å². The average molecular weight is 412 g/mol. The Morgan fingerprint density at radius 2 is 1.79 bits per heavy atom. The molecule has 29 heavy (non-hydrogen) atoms. The van der Waals surface area contributed by atoms with Gasteiger partial charge in [0.05, 0.1) is 12.9 Å². The molecule has 1 amide bonds. The molecule has 0 aliphatic heterocycles. The Morgan fingerprint density at radius 3 is 2.41 bits per heavy atom. The second-order valence-corrected chi connectivity index (χ2v) is 7.39. The largest absolute Gasteiger partial charge is 0.497 e. The molecule has 8 heteroatoms. The zero-order valence-electron chi connectivity index (χ0n) is 16.8. The van der Waals surface area contributed by atoms with Gasteiger partial charge in [0, 0.05) is 29.7 Å². The van der Waals surface area contributed by atoms with E-state index in [1.54, 1.807) is 19.5 Å². The van der Waals surface area contributed by atoms with Crippen LogP contribution in [0.5, 0.6) is 5.75 Å². The fourth-order valence-corrected chi connectivity index (χ4v) is 3.67. The first kappa shape index (κ1) is 20.9. The number of amides is 1. The first-order chi connectivity index (χ1) is 14.2. The van der Waals surface area contributed by atoms with Gasteiger partial charge in [0.25, 0.3) is 0 Å². The summed E-state index contributed by atoms with van der Waals surface area (Å²) in [5.41, 5.74) is 1.79. The van der Waals surface area contributed by atoms with Crippen molar-refractivity contribution in [3.8, 4) is 22.8 Å². The molecule has 0 aliphatic carbocycles. The van der Waals surface area contributed by atoms with Gasteiger partial charge in [-0.2, -0.15) is 0 Å². The van der Waals surface area contributed by atoms with Gasteiger partial charge in [0.15, 0.2) is 11.0 Å². The van der Waals surface area contributed by atoms with Gasteiger partial charge in [-0.1, -0.05) is 25.6 Å². The Kier molecular flexibility index (Phi) is 7.24. The van der Waals surface area contributed by atoms with Crippen molar-refractivity contribution in [2.24, 2.45) is 0 Å². The normalized spacial score (nSPS) is 10.9. The molecule has 7 nitrogen and oxygen atoms in total. The predicted octanol–water partition coefficient (Wildman–Crippen LogP) is 3.73. The van der Waals surface area contributed by atoms with E-state index in [-0.39, 0.29) is 17.7 Å². The van der Waals surface area contributed by atoms with E-state index in [4.69, 9.17) is 4.74 Å². The number of nitrogens with zero attached hydrogens (tertiary/aromatic N) is 4. The SMILES string of the molecule is CCC(CC)NC(=O)CSc1nnc(-c2ccncc2)n1-c1ccc(OC)cc1. The first-order valence-electron chi connectivity index (χ1n) is 9.58. The summed E-state index contributed by atoms with van der Waals surface area (Å²) in [5, 5.41) is 12.4. The predicted molar refractivity (Wildman–Crippen MR) is 114 cm³/mol. The maximum Gasteiger partial charge on any atom is 0.230 e. The third-order valence-electron chi connectivity index (χ3n) is 4.59. The van der Waals surface area contributed by atoms with Gasteiger partial charge in [-0.3, -0.25) is 14.3 Å². The van der Waals surface area contributed by atoms with Crippen molar-refractivity contribution < 1.29 is 9.53 Å². The van der Waals surface area contributed by atoms with Crippen LogP contribution in [0, 0.1) is 0 Å². The van der Waals surface area contributed by atoms with Crippen LogP contribution in [0.25, 0.3) is 17.1 Å². The maximum absolute atomic E-state index is 12.3. The van der Waals surface area contributed by atoms with Crippen LogP contribution in [0.15, 0.2) is 53.9 Å². The second-order valence-electron chi connectivity index (χ2n) is 6.45. The standard InChI is InChI=1S/C21H25N5O2S/c1-4-16(5-2)23-19(27)14-29-21-25-24-20(15-10-12-22-13-11-15)26(21)17-6-8-18(28-3)9-7-17/h6-13,16H,4-5,14H2,1-3H3,(H,23,27). The fourth-order valence-electron chi connectivity index (χ4n) is 2.91. The highest BCUT2D eigenvalue weighted by atomic mass is 32.2.